The molecule has 49 heavy (non-hydrogen) atoms. The lowest BCUT2D eigenvalue weighted by atomic mass is 9.95. The lowest BCUT2D eigenvalue weighted by Gasteiger charge is -2.40. The van der Waals surface area contributed by atoms with E-state index in [-0.39, 0.29) is 42.2 Å². The molecule has 6 rings (SSSR count). The third-order valence-electron chi connectivity index (χ3n) is 8.52. The Balaban J connectivity index is 1.12. The number of pyridine rings is 1. The predicted molar refractivity (Wildman–Crippen MR) is 185 cm³/mol. The number of rotatable bonds is 10. The molecular formula is C36H36N8O5. The summed E-state index contributed by atoms with van der Waals surface area (Å²) in [5, 5.41) is 17.8. The molecule has 0 saturated heterocycles. The zero-order valence-electron chi connectivity index (χ0n) is 27.6. The molecule has 1 unspecified atom stereocenters. The normalized spacial score (nSPS) is 15.6. The van der Waals surface area contributed by atoms with Crippen LogP contribution in [0, 0.1) is 24.0 Å². The third-order valence-corrected chi connectivity index (χ3v) is 8.52. The van der Waals surface area contributed by atoms with Gasteiger partial charge in [-0.05, 0) is 50.6 Å². The van der Waals surface area contributed by atoms with Crippen molar-refractivity contribution in [1.82, 2.24) is 25.2 Å². The van der Waals surface area contributed by atoms with Crippen molar-refractivity contribution in [2.45, 2.75) is 46.2 Å². The Morgan fingerprint density at radius 3 is 2.57 bits per heavy atom. The van der Waals surface area contributed by atoms with Crippen LogP contribution in [-0.4, -0.2) is 56.4 Å². The predicted octanol–water partition coefficient (Wildman–Crippen LogP) is 6.17. The number of nitrogens with one attached hydrogen (secondary N) is 2. The summed E-state index contributed by atoms with van der Waals surface area (Å²) in [6.07, 6.45) is 7.99. The summed E-state index contributed by atoms with van der Waals surface area (Å²) >= 11 is 0. The molecule has 2 aromatic heterocycles. The molecule has 2 N–H and O–H groups in total. The van der Waals surface area contributed by atoms with E-state index in [1.165, 1.54) is 23.1 Å². The van der Waals surface area contributed by atoms with Crippen LogP contribution in [0.3, 0.4) is 0 Å². The summed E-state index contributed by atoms with van der Waals surface area (Å²) in [6, 6.07) is 15.2. The van der Waals surface area contributed by atoms with Gasteiger partial charge in [0.15, 0.2) is 5.75 Å². The second-order valence-corrected chi connectivity index (χ2v) is 12.1. The standard InChI is InChI=1S/C36H36N8O5/c1-22-5-9-25(10-6-22)15-16-49-32-17-26(11-14-30(32)44(47)48)34(45)39-28-12-7-23(2)31(18-28)43-21-27-19-38-35(41-33(27)42(4)36(43)46)40-29-13-8-24(3)37-20-29/h5-14,17,19-20,31H,15-16,18,21H2,1-4H3,(H,39,45)(H,38,40,41). The van der Waals surface area contributed by atoms with Crippen molar-refractivity contribution in [3.63, 3.8) is 0 Å². The van der Waals surface area contributed by atoms with Gasteiger partial charge in [-0.1, -0.05) is 41.5 Å². The largest absolute Gasteiger partial charge is 0.486 e. The van der Waals surface area contributed by atoms with Gasteiger partial charge in [0.05, 0.1) is 36.0 Å². The molecule has 1 aliphatic heterocycles. The number of hydrogen-bond acceptors (Lipinski definition) is 9. The molecule has 3 heterocycles. The van der Waals surface area contributed by atoms with Gasteiger partial charge in [0, 0.05) is 60.7 Å². The summed E-state index contributed by atoms with van der Waals surface area (Å²) in [5.74, 6) is 0.439. The molecule has 2 aliphatic rings. The Morgan fingerprint density at radius 2 is 1.84 bits per heavy atom. The number of nitro benzene ring substituents is 1. The molecule has 4 aromatic rings. The van der Waals surface area contributed by atoms with E-state index < -0.39 is 10.8 Å². The number of amides is 3. The van der Waals surface area contributed by atoms with E-state index in [1.807, 2.05) is 63.2 Å². The van der Waals surface area contributed by atoms with Gasteiger partial charge in [-0.2, -0.15) is 4.98 Å². The smallest absolute Gasteiger partial charge is 0.326 e. The second kappa shape index (κ2) is 13.9. The van der Waals surface area contributed by atoms with Crippen molar-refractivity contribution in [2.75, 3.05) is 23.9 Å². The zero-order valence-corrected chi connectivity index (χ0v) is 27.6. The molecule has 13 nitrogen and oxygen atoms in total. The van der Waals surface area contributed by atoms with Crippen LogP contribution in [0.2, 0.25) is 0 Å². The number of aromatic nitrogens is 3. The minimum Gasteiger partial charge on any atom is -0.486 e. The summed E-state index contributed by atoms with van der Waals surface area (Å²) in [4.78, 5) is 54.8. The lowest BCUT2D eigenvalue weighted by Crippen LogP contribution is -2.51. The maximum Gasteiger partial charge on any atom is 0.326 e. The number of benzene rings is 2. The van der Waals surface area contributed by atoms with Crippen LogP contribution in [0.4, 0.5) is 27.9 Å². The Morgan fingerprint density at radius 1 is 1.04 bits per heavy atom. The van der Waals surface area contributed by atoms with Crippen LogP contribution in [0.25, 0.3) is 0 Å². The van der Waals surface area contributed by atoms with Crippen LogP contribution in [0.5, 0.6) is 5.75 Å². The van der Waals surface area contributed by atoms with Crippen molar-refractivity contribution >= 4 is 35.1 Å². The molecule has 13 heteroatoms. The number of carbonyl (C=O) groups is 2. The Bertz CT molecular complexity index is 1970. The van der Waals surface area contributed by atoms with Crippen molar-refractivity contribution in [2.24, 2.45) is 0 Å². The average molecular weight is 661 g/mol. The average Bonchev–Trinajstić information content (AvgIpc) is 3.09. The Hall–Kier alpha value is -6.11. The number of carbonyl (C=O) groups excluding carboxylic acids is 2. The molecule has 0 saturated carbocycles. The number of anilines is 3. The van der Waals surface area contributed by atoms with E-state index in [9.17, 15) is 19.7 Å². The highest BCUT2D eigenvalue weighted by Gasteiger charge is 2.36. The highest BCUT2D eigenvalue weighted by Crippen LogP contribution is 2.33. The number of nitrogens with zero attached hydrogens (tertiary/aromatic N) is 6. The first-order chi connectivity index (χ1) is 23.5. The summed E-state index contributed by atoms with van der Waals surface area (Å²) < 4.78 is 5.80. The Kier molecular flexibility index (Phi) is 9.33. The molecular weight excluding hydrogens is 624 g/mol. The lowest BCUT2D eigenvalue weighted by molar-refractivity contribution is -0.385. The summed E-state index contributed by atoms with van der Waals surface area (Å²) in [5.41, 5.74) is 6.13. The van der Waals surface area contributed by atoms with Crippen LogP contribution in [-0.2, 0) is 13.0 Å². The first-order valence-corrected chi connectivity index (χ1v) is 15.8. The summed E-state index contributed by atoms with van der Waals surface area (Å²) in [7, 11) is 1.67. The van der Waals surface area contributed by atoms with Gasteiger partial charge in [-0.3, -0.25) is 24.8 Å². The van der Waals surface area contributed by atoms with Crippen LogP contribution < -0.4 is 20.3 Å². The second-order valence-electron chi connectivity index (χ2n) is 12.1. The fourth-order valence-electron chi connectivity index (χ4n) is 5.71. The van der Waals surface area contributed by atoms with Gasteiger partial charge in [-0.25, -0.2) is 9.78 Å². The van der Waals surface area contributed by atoms with Gasteiger partial charge in [-0.15, -0.1) is 0 Å². The molecule has 0 fully saturated rings. The van der Waals surface area contributed by atoms with E-state index in [0.717, 1.165) is 33.6 Å². The monoisotopic (exact) mass is 660 g/mol. The first-order valence-electron chi connectivity index (χ1n) is 15.8. The van der Waals surface area contributed by atoms with Gasteiger partial charge in [0.25, 0.3) is 5.91 Å². The van der Waals surface area contributed by atoms with Crippen LogP contribution in [0.1, 0.15) is 46.1 Å². The highest BCUT2D eigenvalue weighted by atomic mass is 16.6. The van der Waals surface area contributed by atoms with Crippen LogP contribution in [0.15, 0.2) is 90.4 Å². The number of ether oxygens (including phenoxy) is 1. The number of urea groups is 1. The number of allylic oxidation sites excluding steroid dienone is 2. The van der Waals surface area contributed by atoms with E-state index in [4.69, 9.17) is 4.74 Å². The van der Waals surface area contributed by atoms with Gasteiger partial charge in [0.2, 0.25) is 5.95 Å². The fraction of sp³-hybridized carbons (Fsp3) is 0.250. The highest BCUT2D eigenvalue weighted by molar-refractivity contribution is 5.96. The summed E-state index contributed by atoms with van der Waals surface area (Å²) in [6.45, 7) is 6.34. The minimum absolute atomic E-state index is 0.0210. The molecule has 2 aromatic carbocycles. The fourth-order valence-corrected chi connectivity index (χ4v) is 5.71. The Labute approximate surface area is 283 Å². The molecule has 250 valence electrons. The maximum atomic E-state index is 13.7. The van der Waals surface area contributed by atoms with Gasteiger partial charge >= 0.3 is 11.7 Å². The van der Waals surface area contributed by atoms with Gasteiger partial charge in [0.1, 0.15) is 5.82 Å². The molecule has 0 bridgehead atoms. The minimum atomic E-state index is -0.528. The first kappa shape index (κ1) is 32.8. The zero-order chi connectivity index (χ0) is 34.7. The quantitative estimate of drug-likeness (QED) is 0.150. The molecule has 1 atom stereocenters. The third kappa shape index (κ3) is 7.40. The molecule has 0 radical (unpaired) electrons. The van der Waals surface area contributed by atoms with Crippen molar-refractivity contribution < 1.29 is 19.2 Å². The maximum absolute atomic E-state index is 13.7. The molecule has 3 amide bonds. The molecule has 1 aliphatic carbocycles. The van der Waals surface area contributed by atoms with E-state index in [0.29, 0.717) is 30.3 Å². The number of nitro groups is 1. The van der Waals surface area contributed by atoms with Crippen molar-refractivity contribution in [1.29, 1.82) is 0 Å². The van der Waals surface area contributed by atoms with E-state index in [2.05, 4.69) is 25.6 Å². The van der Waals surface area contributed by atoms with E-state index >= 15 is 0 Å². The number of aryl methyl sites for hydroxylation is 2. The SMILES string of the molecule is CC1=CC=C(NC(=O)c2ccc([N+](=O)[O-])c(OCCc3ccc(C)cc3)c2)CC1N1Cc2cnc(Nc3ccc(C)nc3)nc2N(C)C1=O. The number of hydrogen-bond donors (Lipinski definition) is 2. The van der Waals surface area contributed by atoms with E-state index in [1.54, 1.807) is 30.4 Å². The van der Waals surface area contributed by atoms with Crippen LogP contribution >= 0.6 is 0 Å². The number of fused-ring (bicyclic) bond motifs is 1. The molecule has 0 spiro atoms. The van der Waals surface area contributed by atoms with Crippen molar-refractivity contribution in [3.8, 4) is 5.75 Å². The van der Waals surface area contributed by atoms with Gasteiger partial charge < -0.3 is 20.3 Å². The van der Waals surface area contributed by atoms with Crippen molar-refractivity contribution in [3.05, 3.63) is 128 Å². The topological polar surface area (TPSA) is 156 Å².